The molecule has 2 amide bonds. The Bertz CT molecular complexity index is 599. The molecule has 2 N–H and O–H groups in total. The van der Waals surface area contributed by atoms with Crippen LogP contribution in [0.1, 0.15) is 90.9 Å². The van der Waals surface area contributed by atoms with Crippen LogP contribution < -0.4 is 10.6 Å². The normalized spacial score (nSPS) is 44.1. The second-order valence-corrected chi connectivity index (χ2v) is 11.8. The first-order valence-corrected chi connectivity index (χ1v) is 13.1. The highest BCUT2D eigenvalue weighted by Gasteiger charge is 2.44. The van der Waals surface area contributed by atoms with Crippen molar-refractivity contribution in [3.05, 3.63) is 0 Å². The van der Waals surface area contributed by atoms with Crippen molar-refractivity contribution in [2.24, 2.45) is 47.3 Å². The maximum absolute atomic E-state index is 12.9. The number of rotatable bonds is 6. The van der Waals surface area contributed by atoms with E-state index in [1.807, 2.05) is 0 Å². The molecule has 0 aromatic heterocycles. The van der Waals surface area contributed by atoms with Crippen molar-refractivity contribution in [3.63, 3.8) is 0 Å². The van der Waals surface area contributed by atoms with Gasteiger partial charge in [-0.3, -0.25) is 9.59 Å². The van der Waals surface area contributed by atoms with Gasteiger partial charge in [0.2, 0.25) is 11.8 Å². The fourth-order valence-electron chi connectivity index (χ4n) is 8.33. The van der Waals surface area contributed by atoms with Gasteiger partial charge in [0.05, 0.1) is 0 Å². The molecule has 5 fully saturated rings. The standard InChI is InChI=1S/C26H42N2O2/c1-15(23-13-17-3-5-21(23)11-17)27-25(29)19-7-9-20(10-8-19)26(30)28-16(2)24-14-18-4-6-22(24)12-18/h15-24H,3-14H2,1-2H3,(H,27,29)(H,28,30)/t15-,16+,17-,18-,19?,20?,21-,22-,23+,24+/m1/s1. The van der Waals surface area contributed by atoms with Crippen LogP contribution in [0.5, 0.6) is 0 Å². The van der Waals surface area contributed by atoms with Gasteiger partial charge in [0.1, 0.15) is 0 Å². The van der Waals surface area contributed by atoms with E-state index in [0.717, 1.165) is 49.4 Å². The Kier molecular flexibility index (Phi) is 5.88. The van der Waals surface area contributed by atoms with Gasteiger partial charge in [0.25, 0.3) is 0 Å². The summed E-state index contributed by atoms with van der Waals surface area (Å²) in [6.07, 6.45) is 14.5. The summed E-state index contributed by atoms with van der Waals surface area (Å²) in [4.78, 5) is 25.7. The summed E-state index contributed by atoms with van der Waals surface area (Å²) >= 11 is 0. The summed E-state index contributed by atoms with van der Waals surface area (Å²) in [5.41, 5.74) is 0. The third-order valence-electron chi connectivity index (χ3n) is 10.1. The number of amides is 2. The van der Waals surface area contributed by atoms with Crippen molar-refractivity contribution in [1.29, 1.82) is 0 Å². The Labute approximate surface area is 182 Å². The fourth-order valence-corrected chi connectivity index (χ4v) is 8.33. The number of carbonyl (C=O) groups is 2. The quantitative estimate of drug-likeness (QED) is 0.663. The Hall–Kier alpha value is -1.06. The number of nitrogens with one attached hydrogen (secondary N) is 2. The molecule has 0 radical (unpaired) electrons. The van der Waals surface area contributed by atoms with Crippen molar-refractivity contribution in [1.82, 2.24) is 10.6 Å². The van der Waals surface area contributed by atoms with E-state index in [9.17, 15) is 9.59 Å². The fraction of sp³-hybridized carbons (Fsp3) is 0.923. The van der Waals surface area contributed by atoms with Crippen LogP contribution in [0.15, 0.2) is 0 Å². The topological polar surface area (TPSA) is 58.2 Å². The van der Waals surface area contributed by atoms with Crippen molar-refractivity contribution in [2.75, 3.05) is 0 Å². The van der Waals surface area contributed by atoms with E-state index in [-0.39, 0.29) is 23.7 Å². The molecule has 0 spiro atoms. The molecular weight excluding hydrogens is 372 g/mol. The molecular formula is C26H42N2O2. The molecule has 5 aliphatic carbocycles. The van der Waals surface area contributed by atoms with E-state index in [0.29, 0.717) is 23.9 Å². The number of hydrogen-bond donors (Lipinski definition) is 2. The first-order valence-electron chi connectivity index (χ1n) is 13.1. The van der Waals surface area contributed by atoms with Gasteiger partial charge in [-0.25, -0.2) is 0 Å². The van der Waals surface area contributed by atoms with Gasteiger partial charge in [-0.15, -0.1) is 0 Å². The summed E-state index contributed by atoms with van der Waals surface area (Å²) in [5.74, 6) is 5.66. The summed E-state index contributed by atoms with van der Waals surface area (Å²) in [6, 6.07) is 0.632. The second-order valence-electron chi connectivity index (χ2n) is 11.8. The Morgan fingerprint density at radius 2 is 1.00 bits per heavy atom. The van der Waals surface area contributed by atoms with Crippen molar-refractivity contribution < 1.29 is 9.59 Å². The summed E-state index contributed by atoms with van der Waals surface area (Å²) < 4.78 is 0. The lowest BCUT2D eigenvalue weighted by molar-refractivity contribution is -0.131. The van der Waals surface area contributed by atoms with E-state index in [1.165, 1.54) is 51.4 Å². The number of fused-ring (bicyclic) bond motifs is 4. The third kappa shape index (κ3) is 4.05. The summed E-state index contributed by atoms with van der Waals surface area (Å²) in [7, 11) is 0. The first kappa shape index (κ1) is 20.8. The van der Waals surface area contributed by atoms with Crippen LogP contribution in [0.3, 0.4) is 0 Å². The van der Waals surface area contributed by atoms with Gasteiger partial charge in [0.15, 0.2) is 0 Å². The molecule has 0 aromatic carbocycles. The summed E-state index contributed by atoms with van der Waals surface area (Å²) in [6.45, 7) is 4.44. The van der Waals surface area contributed by atoms with E-state index in [1.54, 1.807) is 0 Å². The van der Waals surface area contributed by atoms with Crippen LogP contribution in [0.25, 0.3) is 0 Å². The SMILES string of the molecule is C[C@H](NC(=O)C1CCC(C(=O)N[C@H](C)[C@@H]2C[C@@H]3CC[C@@H]2C3)CC1)[C@@H]1C[C@@H]2CC[C@@H]1C2. The minimum atomic E-state index is 0.109. The Morgan fingerprint density at radius 3 is 1.30 bits per heavy atom. The maximum Gasteiger partial charge on any atom is 0.223 e. The van der Waals surface area contributed by atoms with Crippen molar-refractivity contribution in [2.45, 2.75) is 103 Å². The second kappa shape index (κ2) is 8.47. The first-order chi connectivity index (χ1) is 14.5. The highest BCUT2D eigenvalue weighted by Crippen LogP contribution is 2.50. The van der Waals surface area contributed by atoms with Crippen LogP contribution in [0, 0.1) is 47.3 Å². The van der Waals surface area contributed by atoms with E-state index in [4.69, 9.17) is 0 Å². The molecule has 4 nitrogen and oxygen atoms in total. The van der Waals surface area contributed by atoms with Crippen LogP contribution in [-0.4, -0.2) is 23.9 Å². The maximum atomic E-state index is 12.9. The minimum absolute atomic E-state index is 0.109. The molecule has 0 aliphatic heterocycles. The smallest absolute Gasteiger partial charge is 0.223 e. The molecule has 168 valence electrons. The Morgan fingerprint density at radius 1 is 0.600 bits per heavy atom. The number of carbonyl (C=O) groups excluding carboxylic acids is 2. The van der Waals surface area contributed by atoms with Gasteiger partial charge in [-0.1, -0.05) is 12.8 Å². The lowest BCUT2D eigenvalue weighted by Crippen LogP contribution is -2.46. The monoisotopic (exact) mass is 414 g/mol. The average molecular weight is 415 g/mol. The molecule has 0 heterocycles. The molecule has 4 heteroatoms. The molecule has 4 bridgehead atoms. The predicted molar refractivity (Wildman–Crippen MR) is 119 cm³/mol. The van der Waals surface area contributed by atoms with Crippen LogP contribution in [-0.2, 0) is 9.59 Å². The van der Waals surface area contributed by atoms with Gasteiger partial charge in [0, 0.05) is 23.9 Å². The number of hydrogen-bond acceptors (Lipinski definition) is 2. The van der Waals surface area contributed by atoms with Gasteiger partial charge in [-0.05, 0) is 114 Å². The molecule has 5 saturated carbocycles. The average Bonchev–Trinajstić information content (AvgIpc) is 3.55. The van der Waals surface area contributed by atoms with Gasteiger partial charge >= 0.3 is 0 Å². The minimum Gasteiger partial charge on any atom is -0.353 e. The Balaban J connectivity index is 1.05. The molecule has 0 aromatic rings. The molecule has 0 saturated heterocycles. The van der Waals surface area contributed by atoms with Crippen molar-refractivity contribution in [3.8, 4) is 0 Å². The highest BCUT2D eigenvalue weighted by atomic mass is 16.2. The lowest BCUT2D eigenvalue weighted by Gasteiger charge is -2.33. The zero-order chi connectivity index (χ0) is 20.8. The molecule has 8 atom stereocenters. The van der Waals surface area contributed by atoms with Crippen molar-refractivity contribution >= 4 is 11.8 Å². The van der Waals surface area contributed by atoms with Crippen LogP contribution in [0.2, 0.25) is 0 Å². The van der Waals surface area contributed by atoms with Crippen LogP contribution >= 0.6 is 0 Å². The van der Waals surface area contributed by atoms with E-state index < -0.39 is 0 Å². The summed E-state index contributed by atoms with van der Waals surface area (Å²) in [5, 5.41) is 6.73. The highest BCUT2D eigenvalue weighted by molar-refractivity contribution is 5.81. The van der Waals surface area contributed by atoms with Crippen LogP contribution in [0.4, 0.5) is 0 Å². The third-order valence-corrected chi connectivity index (χ3v) is 10.1. The van der Waals surface area contributed by atoms with E-state index in [2.05, 4.69) is 24.5 Å². The zero-order valence-corrected chi connectivity index (χ0v) is 19.1. The molecule has 5 aliphatic rings. The largest absolute Gasteiger partial charge is 0.353 e. The molecule has 30 heavy (non-hydrogen) atoms. The lowest BCUT2D eigenvalue weighted by atomic mass is 9.79. The molecule has 5 rings (SSSR count). The van der Waals surface area contributed by atoms with Gasteiger partial charge in [-0.2, -0.15) is 0 Å². The van der Waals surface area contributed by atoms with Gasteiger partial charge < -0.3 is 10.6 Å². The molecule has 0 unspecified atom stereocenters. The van der Waals surface area contributed by atoms with E-state index >= 15 is 0 Å². The predicted octanol–water partition coefficient (Wildman–Crippen LogP) is 4.67. The zero-order valence-electron chi connectivity index (χ0n) is 19.1.